The standard InChI is InChI=1S/C21H28N4O3S/c1-22-12-13-25(20(16-22)17-8-4-3-5-9-17)21(26)19-14-18(15-23(19)2)29(27,28)24-10-6-7-11-24/h3-5,8-9,14-15,20H,6-7,10-13,16H2,1-2H3/t20-/m0/s1. The Morgan fingerprint density at radius 1 is 1.00 bits per heavy atom. The molecule has 0 unspecified atom stereocenters. The monoisotopic (exact) mass is 416 g/mol. The van der Waals surface area contributed by atoms with Gasteiger partial charge in [-0.15, -0.1) is 0 Å². The largest absolute Gasteiger partial charge is 0.345 e. The van der Waals surface area contributed by atoms with Crippen LogP contribution in [0.15, 0.2) is 47.5 Å². The van der Waals surface area contributed by atoms with Crippen LogP contribution in [0, 0.1) is 0 Å². The van der Waals surface area contributed by atoms with Crippen molar-refractivity contribution in [3.8, 4) is 0 Å². The van der Waals surface area contributed by atoms with Crippen molar-refractivity contribution in [2.45, 2.75) is 23.8 Å². The molecule has 3 heterocycles. The Morgan fingerprint density at radius 3 is 2.38 bits per heavy atom. The molecule has 8 heteroatoms. The molecule has 2 fully saturated rings. The lowest BCUT2D eigenvalue weighted by molar-refractivity contribution is 0.0488. The van der Waals surface area contributed by atoms with Crippen molar-refractivity contribution in [3.05, 3.63) is 53.9 Å². The van der Waals surface area contributed by atoms with Crippen LogP contribution >= 0.6 is 0 Å². The number of hydrogen-bond acceptors (Lipinski definition) is 4. The number of aryl methyl sites for hydroxylation is 1. The van der Waals surface area contributed by atoms with Gasteiger partial charge < -0.3 is 14.4 Å². The zero-order chi connectivity index (χ0) is 20.6. The zero-order valence-electron chi connectivity index (χ0n) is 17.0. The second-order valence-electron chi connectivity index (χ2n) is 7.97. The molecule has 2 aromatic rings. The summed E-state index contributed by atoms with van der Waals surface area (Å²) in [4.78, 5) is 17.7. The summed E-state index contributed by atoms with van der Waals surface area (Å²) >= 11 is 0. The van der Waals surface area contributed by atoms with Gasteiger partial charge in [-0.25, -0.2) is 8.42 Å². The third-order valence-electron chi connectivity index (χ3n) is 5.93. The number of rotatable bonds is 4. The topological polar surface area (TPSA) is 65.9 Å². The fourth-order valence-corrected chi connectivity index (χ4v) is 5.82. The number of amides is 1. The molecule has 0 spiro atoms. The van der Waals surface area contributed by atoms with Crippen LogP contribution in [0.3, 0.4) is 0 Å². The van der Waals surface area contributed by atoms with E-state index < -0.39 is 10.0 Å². The summed E-state index contributed by atoms with van der Waals surface area (Å²) in [5.74, 6) is -0.127. The molecule has 0 radical (unpaired) electrons. The molecule has 1 atom stereocenters. The van der Waals surface area contributed by atoms with E-state index in [-0.39, 0.29) is 16.8 Å². The Kier molecular flexibility index (Phi) is 5.50. The molecule has 0 aliphatic carbocycles. The van der Waals surface area contributed by atoms with Crippen molar-refractivity contribution in [1.82, 2.24) is 18.7 Å². The molecular weight excluding hydrogens is 388 g/mol. The molecule has 2 aliphatic rings. The molecule has 156 valence electrons. The highest BCUT2D eigenvalue weighted by molar-refractivity contribution is 7.89. The van der Waals surface area contributed by atoms with Gasteiger partial charge in [-0.05, 0) is 31.5 Å². The van der Waals surface area contributed by atoms with Crippen LogP contribution in [0.1, 0.15) is 34.9 Å². The van der Waals surface area contributed by atoms with Gasteiger partial charge in [0, 0.05) is 46.0 Å². The first-order chi connectivity index (χ1) is 13.9. The normalized spacial score (nSPS) is 21.6. The van der Waals surface area contributed by atoms with Crippen LogP contribution < -0.4 is 0 Å². The number of benzene rings is 1. The van der Waals surface area contributed by atoms with Gasteiger partial charge >= 0.3 is 0 Å². The third-order valence-corrected chi connectivity index (χ3v) is 7.79. The molecule has 29 heavy (non-hydrogen) atoms. The van der Waals surface area contributed by atoms with Gasteiger partial charge in [0.25, 0.3) is 5.91 Å². The highest BCUT2D eigenvalue weighted by atomic mass is 32.2. The second kappa shape index (κ2) is 7.93. The van der Waals surface area contributed by atoms with Crippen LogP contribution in [0.4, 0.5) is 0 Å². The lowest BCUT2D eigenvalue weighted by Crippen LogP contribution is -2.49. The van der Waals surface area contributed by atoms with E-state index >= 15 is 0 Å². The van der Waals surface area contributed by atoms with Crippen LogP contribution in [0.25, 0.3) is 0 Å². The van der Waals surface area contributed by atoms with Crippen molar-refractivity contribution in [2.24, 2.45) is 7.05 Å². The van der Waals surface area contributed by atoms with Crippen LogP contribution in [0.5, 0.6) is 0 Å². The second-order valence-corrected chi connectivity index (χ2v) is 9.91. The molecule has 7 nitrogen and oxygen atoms in total. The predicted octanol–water partition coefficient (Wildman–Crippen LogP) is 1.94. The fraction of sp³-hybridized carbons (Fsp3) is 0.476. The Balaban J connectivity index is 1.64. The van der Waals surface area contributed by atoms with E-state index in [1.807, 2.05) is 35.2 Å². The van der Waals surface area contributed by atoms with Crippen molar-refractivity contribution in [1.29, 1.82) is 0 Å². The minimum Gasteiger partial charge on any atom is -0.345 e. The lowest BCUT2D eigenvalue weighted by atomic mass is 10.0. The first-order valence-electron chi connectivity index (χ1n) is 10.1. The van der Waals surface area contributed by atoms with Crippen LogP contribution in [-0.4, -0.2) is 72.8 Å². The SMILES string of the molecule is CN1CCN(C(=O)c2cc(S(=O)(=O)N3CCCC3)cn2C)[C@H](c2ccccc2)C1. The Morgan fingerprint density at radius 2 is 1.69 bits per heavy atom. The highest BCUT2D eigenvalue weighted by Crippen LogP contribution is 2.28. The van der Waals surface area contributed by atoms with Crippen molar-refractivity contribution in [2.75, 3.05) is 39.8 Å². The summed E-state index contributed by atoms with van der Waals surface area (Å²) in [6, 6.07) is 11.5. The number of carbonyl (C=O) groups is 1. The molecule has 1 aromatic heterocycles. The molecule has 4 rings (SSSR count). The molecule has 1 amide bonds. The summed E-state index contributed by atoms with van der Waals surface area (Å²) in [7, 11) is 0.251. The maximum absolute atomic E-state index is 13.5. The Bertz CT molecular complexity index is 981. The summed E-state index contributed by atoms with van der Waals surface area (Å²) in [5, 5.41) is 0. The minimum absolute atomic E-state index is 0.0593. The molecule has 0 saturated carbocycles. The molecular formula is C21H28N4O3S. The van der Waals surface area contributed by atoms with Crippen molar-refractivity contribution >= 4 is 15.9 Å². The number of sulfonamides is 1. The van der Waals surface area contributed by atoms with Crippen molar-refractivity contribution < 1.29 is 13.2 Å². The number of likely N-dealkylation sites (N-methyl/N-ethyl adjacent to an activating group) is 1. The van der Waals surface area contributed by atoms with Gasteiger partial charge in [0.15, 0.2) is 0 Å². The van der Waals surface area contributed by atoms with Gasteiger partial charge in [-0.2, -0.15) is 4.31 Å². The van der Waals surface area contributed by atoms with E-state index in [1.165, 1.54) is 10.4 Å². The number of carbonyl (C=O) groups excluding carboxylic acids is 1. The zero-order valence-corrected chi connectivity index (χ0v) is 17.8. The van der Waals surface area contributed by atoms with Gasteiger partial charge in [-0.1, -0.05) is 30.3 Å². The van der Waals surface area contributed by atoms with E-state index in [0.29, 0.717) is 25.3 Å². The molecule has 2 saturated heterocycles. The number of aromatic nitrogens is 1. The maximum Gasteiger partial charge on any atom is 0.271 e. The van der Waals surface area contributed by atoms with E-state index in [9.17, 15) is 13.2 Å². The smallest absolute Gasteiger partial charge is 0.271 e. The van der Waals surface area contributed by atoms with E-state index in [2.05, 4.69) is 11.9 Å². The Labute approximate surface area is 172 Å². The van der Waals surface area contributed by atoms with Crippen LogP contribution in [-0.2, 0) is 17.1 Å². The first kappa shape index (κ1) is 20.1. The number of nitrogens with zero attached hydrogens (tertiary/aromatic N) is 4. The third kappa shape index (κ3) is 3.84. The van der Waals surface area contributed by atoms with Gasteiger partial charge in [0.2, 0.25) is 10.0 Å². The van der Waals surface area contributed by atoms with Gasteiger partial charge in [-0.3, -0.25) is 4.79 Å². The number of piperazine rings is 1. The summed E-state index contributed by atoms with van der Waals surface area (Å²) in [6.07, 6.45) is 3.34. The predicted molar refractivity (Wildman–Crippen MR) is 111 cm³/mol. The summed E-state index contributed by atoms with van der Waals surface area (Å²) < 4.78 is 29.0. The average molecular weight is 417 g/mol. The van der Waals surface area contributed by atoms with Gasteiger partial charge in [0.1, 0.15) is 10.6 Å². The summed E-state index contributed by atoms with van der Waals surface area (Å²) in [5.41, 5.74) is 1.50. The molecule has 2 aliphatic heterocycles. The fourth-order valence-electron chi connectivity index (χ4n) is 4.24. The maximum atomic E-state index is 13.5. The molecule has 0 N–H and O–H groups in total. The quantitative estimate of drug-likeness (QED) is 0.764. The van der Waals surface area contributed by atoms with Gasteiger partial charge in [0.05, 0.1) is 6.04 Å². The summed E-state index contributed by atoms with van der Waals surface area (Å²) in [6.45, 7) is 3.25. The Hall–Kier alpha value is -2.16. The van der Waals surface area contributed by atoms with E-state index in [1.54, 1.807) is 17.8 Å². The van der Waals surface area contributed by atoms with Crippen molar-refractivity contribution in [3.63, 3.8) is 0 Å². The molecule has 0 bridgehead atoms. The van der Waals surface area contributed by atoms with E-state index in [0.717, 1.165) is 31.5 Å². The minimum atomic E-state index is -3.55. The van der Waals surface area contributed by atoms with E-state index in [4.69, 9.17) is 0 Å². The highest BCUT2D eigenvalue weighted by Gasteiger charge is 2.34. The van der Waals surface area contributed by atoms with Crippen LogP contribution in [0.2, 0.25) is 0 Å². The number of hydrogen-bond donors (Lipinski definition) is 0. The first-order valence-corrected chi connectivity index (χ1v) is 11.5. The average Bonchev–Trinajstić information content (AvgIpc) is 3.39. The molecule has 1 aromatic carbocycles. The lowest BCUT2D eigenvalue weighted by Gasteiger charge is -2.40.